The standard InChI is InChI=1S/C12H9BrFN3O/c13-9-7-8(4-5-10(9)14)12-16-11(18-17-12)3-1-2-6-15/h4-5,7H,1-3H2. The van der Waals surface area contributed by atoms with Crippen molar-refractivity contribution in [1.29, 1.82) is 5.26 Å². The Morgan fingerprint density at radius 2 is 2.28 bits per heavy atom. The largest absolute Gasteiger partial charge is 0.339 e. The van der Waals surface area contributed by atoms with Crippen LogP contribution in [0.2, 0.25) is 0 Å². The van der Waals surface area contributed by atoms with E-state index in [4.69, 9.17) is 9.78 Å². The number of aryl methyl sites for hydroxylation is 1. The number of aromatic nitrogens is 2. The molecular formula is C12H9BrFN3O. The third-order valence-corrected chi connectivity index (χ3v) is 2.93. The second-order valence-electron chi connectivity index (χ2n) is 3.65. The van der Waals surface area contributed by atoms with Crippen LogP contribution in [0.1, 0.15) is 18.7 Å². The predicted molar refractivity (Wildman–Crippen MR) is 65.9 cm³/mol. The number of nitriles is 1. The lowest BCUT2D eigenvalue weighted by Crippen LogP contribution is -1.86. The van der Waals surface area contributed by atoms with Gasteiger partial charge in [0.25, 0.3) is 0 Å². The molecule has 0 aliphatic heterocycles. The number of unbranched alkanes of at least 4 members (excludes halogenated alkanes) is 1. The van der Waals surface area contributed by atoms with Gasteiger partial charge < -0.3 is 4.52 Å². The van der Waals surface area contributed by atoms with E-state index in [0.29, 0.717) is 41.0 Å². The molecular weight excluding hydrogens is 301 g/mol. The van der Waals surface area contributed by atoms with Crippen LogP contribution in [0.5, 0.6) is 0 Å². The summed E-state index contributed by atoms with van der Waals surface area (Å²) in [6.07, 6.45) is 1.72. The number of rotatable bonds is 4. The average molecular weight is 310 g/mol. The van der Waals surface area contributed by atoms with Crippen molar-refractivity contribution in [3.05, 3.63) is 34.4 Å². The number of halogens is 2. The summed E-state index contributed by atoms with van der Waals surface area (Å²) in [5.41, 5.74) is 0.679. The summed E-state index contributed by atoms with van der Waals surface area (Å²) in [7, 11) is 0. The molecule has 92 valence electrons. The summed E-state index contributed by atoms with van der Waals surface area (Å²) in [5, 5.41) is 12.3. The Hall–Kier alpha value is -1.74. The zero-order chi connectivity index (χ0) is 13.0. The highest BCUT2D eigenvalue weighted by Gasteiger charge is 2.10. The average Bonchev–Trinajstić information content (AvgIpc) is 2.82. The Balaban J connectivity index is 2.14. The molecule has 0 radical (unpaired) electrons. The predicted octanol–water partition coefficient (Wildman–Crippen LogP) is 3.48. The molecule has 18 heavy (non-hydrogen) atoms. The second kappa shape index (κ2) is 5.74. The molecule has 0 unspecified atom stereocenters. The van der Waals surface area contributed by atoms with Gasteiger partial charge in [0.2, 0.25) is 11.7 Å². The first kappa shape index (κ1) is 12.7. The quantitative estimate of drug-likeness (QED) is 0.811. The van der Waals surface area contributed by atoms with E-state index in [1.807, 2.05) is 0 Å². The van der Waals surface area contributed by atoms with Gasteiger partial charge in [-0.25, -0.2) is 4.39 Å². The highest BCUT2D eigenvalue weighted by Crippen LogP contribution is 2.23. The van der Waals surface area contributed by atoms with Gasteiger partial charge in [0.05, 0.1) is 10.5 Å². The lowest BCUT2D eigenvalue weighted by molar-refractivity contribution is 0.376. The van der Waals surface area contributed by atoms with Crippen molar-refractivity contribution in [3.63, 3.8) is 0 Å². The summed E-state index contributed by atoms with van der Waals surface area (Å²) in [5.74, 6) is 0.569. The highest BCUT2D eigenvalue weighted by molar-refractivity contribution is 9.10. The summed E-state index contributed by atoms with van der Waals surface area (Å²) in [4.78, 5) is 4.19. The van der Waals surface area contributed by atoms with Crippen molar-refractivity contribution in [2.45, 2.75) is 19.3 Å². The van der Waals surface area contributed by atoms with Crippen LogP contribution in [-0.4, -0.2) is 10.1 Å². The van der Waals surface area contributed by atoms with E-state index in [-0.39, 0.29) is 5.82 Å². The van der Waals surface area contributed by atoms with Gasteiger partial charge in [-0.2, -0.15) is 10.2 Å². The smallest absolute Gasteiger partial charge is 0.226 e. The van der Waals surface area contributed by atoms with Gasteiger partial charge in [-0.3, -0.25) is 0 Å². The summed E-state index contributed by atoms with van der Waals surface area (Å²) < 4.78 is 18.5. The zero-order valence-electron chi connectivity index (χ0n) is 9.36. The van der Waals surface area contributed by atoms with Gasteiger partial charge in [0.1, 0.15) is 5.82 Å². The molecule has 2 aromatic rings. The van der Waals surface area contributed by atoms with Crippen molar-refractivity contribution in [3.8, 4) is 17.5 Å². The zero-order valence-corrected chi connectivity index (χ0v) is 10.9. The van der Waals surface area contributed by atoms with Crippen LogP contribution in [0, 0.1) is 17.1 Å². The summed E-state index contributed by atoms with van der Waals surface area (Å²) in [6.45, 7) is 0. The lowest BCUT2D eigenvalue weighted by Gasteiger charge is -1.96. The van der Waals surface area contributed by atoms with Gasteiger partial charge in [-0.05, 0) is 40.5 Å². The van der Waals surface area contributed by atoms with E-state index in [9.17, 15) is 4.39 Å². The van der Waals surface area contributed by atoms with Gasteiger partial charge >= 0.3 is 0 Å². The summed E-state index contributed by atoms with van der Waals surface area (Å²) >= 11 is 3.10. The molecule has 0 aliphatic rings. The van der Waals surface area contributed by atoms with Crippen molar-refractivity contribution in [2.75, 3.05) is 0 Å². The molecule has 6 heteroatoms. The van der Waals surface area contributed by atoms with Crippen LogP contribution in [0.3, 0.4) is 0 Å². The molecule has 0 aliphatic carbocycles. The Morgan fingerprint density at radius 3 is 3.00 bits per heavy atom. The molecule has 0 spiro atoms. The van der Waals surface area contributed by atoms with Gasteiger partial charge in [0, 0.05) is 18.4 Å². The Labute approximate surface area is 112 Å². The SMILES string of the molecule is N#CCCCc1nc(-c2ccc(F)c(Br)c2)no1. The number of hydrogen-bond donors (Lipinski definition) is 0. The minimum Gasteiger partial charge on any atom is -0.339 e. The van der Waals surface area contributed by atoms with Crippen molar-refractivity contribution >= 4 is 15.9 Å². The molecule has 0 amide bonds. The van der Waals surface area contributed by atoms with E-state index >= 15 is 0 Å². The number of nitrogens with zero attached hydrogens (tertiary/aromatic N) is 3. The normalized spacial score (nSPS) is 10.3. The molecule has 0 N–H and O–H groups in total. The molecule has 1 aromatic heterocycles. The molecule has 0 saturated heterocycles. The first-order chi connectivity index (χ1) is 8.70. The van der Waals surface area contributed by atoms with Crippen LogP contribution in [0.25, 0.3) is 11.4 Å². The Morgan fingerprint density at radius 1 is 1.44 bits per heavy atom. The first-order valence-electron chi connectivity index (χ1n) is 5.35. The lowest BCUT2D eigenvalue weighted by atomic mass is 10.2. The Bertz CT molecular complexity index is 591. The van der Waals surface area contributed by atoms with E-state index in [2.05, 4.69) is 32.1 Å². The van der Waals surface area contributed by atoms with E-state index < -0.39 is 0 Å². The monoisotopic (exact) mass is 309 g/mol. The van der Waals surface area contributed by atoms with Crippen LogP contribution < -0.4 is 0 Å². The second-order valence-corrected chi connectivity index (χ2v) is 4.51. The topological polar surface area (TPSA) is 62.7 Å². The fourth-order valence-electron chi connectivity index (χ4n) is 1.43. The molecule has 0 saturated carbocycles. The molecule has 1 aromatic carbocycles. The third-order valence-electron chi connectivity index (χ3n) is 2.33. The van der Waals surface area contributed by atoms with Gasteiger partial charge in [-0.15, -0.1) is 0 Å². The molecule has 4 nitrogen and oxygen atoms in total. The van der Waals surface area contributed by atoms with E-state index in [1.165, 1.54) is 6.07 Å². The number of benzene rings is 1. The Kier molecular flexibility index (Phi) is 4.05. The first-order valence-corrected chi connectivity index (χ1v) is 6.15. The van der Waals surface area contributed by atoms with E-state index in [0.717, 1.165) is 0 Å². The van der Waals surface area contributed by atoms with Gasteiger partial charge in [0.15, 0.2) is 0 Å². The fraction of sp³-hybridized carbons (Fsp3) is 0.250. The number of hydrogen-bond acceptors (Lipinski definition) is 4. The van der Waals surface area contributed by atoms with Crippen LogP contribution in [-0.2, 0) is 6.42 Å². The fourth-order valence-corrected chi connectivity index (χ4v) is 1.81. The van der Waals surface area contributed by atoms with Crippen LogP contribution in [0.4, 0.5) is 4.39 Å². The molecule has 2 rings (SSSR count). The maximum Gasteiger partial charge on any atom is 0.226 e. The van der Waals surface area contributed by atoms with Crippen LogP contribution >= 0.6 is 15.9 Å². The minimum atomic E-state index is -0.337. The van der Waals surface area contributed by atoms with E-state index in [1.54, 1.807) is 12.1 Å². The van der Waals surface area contributed by atoms with Crippen molar-refractivity contribution < 1.29 is 8.91 Å². The minimum absolute atomic E-state index is 0.337. The molecule has 1 heterocycles. The van der Waals surface area contributed by atoms with Crippen LogP contribution in [0.15, 0.2) is 27.2 Å². The summed E-state index contributed by atoms with van der Waals surface area (Å²) in [6, 6.07) is 6.57. The third kappa shape index (κ3) is 2.93. The molecule has 0 atom stereocenters. The van der Waals surface area contributed by atoms with Gasteiger partial charge in [-0.1, -0.05) is 5.16 Å². The maximum absolute atomic E-state index is 13.1. The maximum atomic E-state index is 13.1. The van der Waals surface area contributed by atoms with Crippen molar-refractivity contribution in [2.24, 2.45) is 0 Å². The molecule has 0 bridgehead atoms. The molecule has 0 fully saturated rings. The highest BCUT2D eigenvalue weighted by atomic mass is 79.9. The van der Waals surface area contributed by atoms with Crippen molar-refractivity contribution in [1.82, 2.24) is 10.1 Å².